The minimum atomic E-state index is -0.197. The highest BCUT2D eigenvalue weighted by molar-refractivity contribution is 5.92. The van der Waals surface area contributed by atoms with Gasteiger partial charge in [0.1, 0.15) is 5.69 Å². The Bertz CT molecular complexity index is 983. The van der Waals surface area contributed by atoms with Crippen molar-refractivity contribution in [2.24, 2.45) is 0 Å². The molecule has 3 aromatic heterocycles. The molecule has 8 heteroatoms. The van der Waals surface area contributed by atoms with Crippen molar-refractivity contribution in [2.45, 2.75) is 13.0 Å². The number of para-hydroxylation sites is 2. The number of fused-ring (bicyclic) bond motifs is 1. The molecule has 25 heavy (non-hydrogen) atoms. The number of imidazole rings is 2. The summed E-state index contributed by atoms with van der Waals surface area (Å²) in [6.07, 6.45) is 5.85. The van der Waals surface area contributed by atoms with Crippen LogP contribution in [0.4, 0.5) is 0 Å². The first-order chi connectivity index (χ1) is 12.3. The molecule has 126 valence electrons. The van der Waals surface area contributed by atoms with Crippen LogP contribution >= 0.6 is 0 Å². The van der Waals surface area contributed by atoms with E-state index in [-0.39, 0.29) is 5.91 Å². The van der Waals surface area contributed by atoms with Crippen molar-refractivity contribution in [3.8, 4) is 0 Å². The SMILES string of the molecule is O=C(NCCc1cnc[nH]1)c1cc(Cn2cnc3ccccc32)[nH]n1. The maximum Gasteiger partial charge on any atom is 0.271 e. The number of carbonyl (C=O) groups is 1. The van der Waals surface area contributed by atoms with E-state index in [2.05, 4.69) is 30.5 Å². The molecule has 0 aliphatic carbocycles. The molecule has 0 fully saturated rings. The summed E-state index contributed by atoms with van der Waals surface area (Å²) in [6, 6.07) is 9.69. The number of hydrogen-bond donors (Lipinski definition) is 3. The van der Waals surface area contributed by atoms with E-state index in [9.17, 15) is 4.79 Å². The molecule has 0 unspecified atom stereocenters. The normalized spacial score (nSPS) is 11.0. The first-order valence-corrected chi connectivity index (χ1v) is 7.99. The minimum Gasteiger partial charge on any atom is -0.350 e. The Labute approximate surface area is 143 Å². The van der Waals surface area contributed by atoms with E-state index in [0.29, 0.717) is 25.2 Å². The summed E-state index contributed by atoms with van der Waals surface area (Å²) < 4.78 is 2.02. The Morgan fingerprint density at radius 2 is 2.16 bits per heavy atom. The lowest BCUT2D eigenvalue weighted by atomic mass is 10.3. The second-order valence-electron chi connectivity index (χ2n) is 5.72. The van der Waals surface area contributed by atoms with Gasteiger partial charge in [-0.3, -0.25) is 9.89 Å². The van der Waals surface area contributed by atoms with Gasteiger partial charge in [-0.25, -0.2) is 9.97 Å². The van der Waals surface area contributed by atoms with Gasteiger partial charge < -0.3 is 14.9 Å². The van der Waals surface area contributed by atoms with Crippen LogP contribution in [0.15, 0.2) is 49.2 Å². The van der Waals surface area contributed by atoms with E-state index >= 15 is 0 Å². The maximum absolute atomic E-state index is 12.2. The number of nitrogens with one attached hydrogen (secondary N) is 3. The fourth-order valence-electron chi connectivity index (χ4n) is 2.70. The topological polar surface area (TPSA) is 104 Å². The van der Waals surface area contributed by atoms with E-state index in [4.69, 9.17) is 0 Å². The number of hydrogen-bond acceptors (Lipinski definition) is 4. The number of aromatic amines is 2. The first kappa shape index (κ1) is 15.1. The van der Waals surface area contributed by atoms with Gasteiger partial charge in [-0.2, -0.15) is 5.10 Å². The second-order valence-corrected chi connectivity index (χ2v) is 5.72. The number of benzene rings is 1. The van der Waals surface area contributed by atoms with Crippen LogP contribution in [0.1, 0.15) is 21.9 Å². The Morgan fingerprint density at radius 1 is 1.24 bits per heavy atom. The van der Waals surface area contributed by atoms with Crippen LogP contribution in [0, 0.1) is 0 Å². The summed E-state index contributed by atoms with van der Waals surface area (Å²) in [4.78, 5) is 23.5. The molecule has 1 aromatic carbocycles. The molecule has 0 spiro atoms. The molecule has 0 saturated carbocycles. The molecular formula is C17H17N7O. The Hall–Kier alpha value is -3.42. The fourth-order valence-corrected chi connectivity index (χ4v) is 2.70. The monoisotopic (exact) mass is 335 g/mol. The average molecular weight is 335 g/mol. The van der Waals surface area contributed by atoms with Crippen molar-refractivity contribution in [2.75, 3.05) is 6.54 Å². The standard InChI is InChI=1S/C17H17N7O/c25-17(19-6-5-12-8-18-10-20-12)15-7-13(22-23-15)9-24-11-21-14-3-1-2-4-16(14)24/h1-4,7-8,10-11H,5-6,9H2,(H,18,20)(H,19,25)(H,22,23). The molecule has 3 heterocycles. The Balaban J connectivity index is 1.38. The third kappa shape index (κ3) is 3.27. The van der Waals surface area contributed by atoms with Gasteiger partial charge >= 0.3 is 0 Å². The number of rotatable bonds is 6. The zero-order valence-corrected chi connectivity index (χ0v) is 13.4. The third-order valence-corrected chi connectivity index (χ3v) is 3.97. The van der Waals surface area contributed by atoms with Gasteiger partial charge in [0.2, 0.25) is 0 Å². The predicted octanol–water partition coefficient (Wildman–Crippen LogP) is 1.50. The number of H-pyrrole nitrogens is 2. The fraction of sp³-hybridized carbons (Fsp3) is 0.176. The predicted molar refractivity (Wildman–Crippen MR) is 92.0 cm³/mol. The van der Waals surface area contributed by atoms with Crippen LogP contribution in [0.25, 0.3) is 11.0 Å². The molecule has 4 rings (SSSR count). The van der Waals surface area contributed by atoms with Crippen molar-refractivity contribution in [1.29, 1.82) is 0 Å². The second kappa shape index (κ2) is 6.60. The van der Waals surface area contributed by atoms with E-state index in [1.807, 2.05) is 28.8 Å². The highest BCUT2D eigenvalue weighted by atomic mass is 16.1. The lowest BCUT2D eigenvalue weighted by Crippen LogP contribution is -2.26. The largest absolute Gasteiger partial charge is 0.350 e. The highest BCUT2D eigenvalue weighted by Crippen LogP contribution is 2.13. The van der Waals surface area contributed by atoms with E-state index in [1.165, 1.54) is 0 Å². The quantitative estimate of drug-likeness (QED) is 0.497. The van der Waals surface area contributed by atoms with Gasteiger partial charge in [0, 0.05) is 24.9 Å². The first-order valence-electron chi connectivity index (χ1n) is 7.99. The molecule has 3 N–H and O–H groups in total. The smallest absolute Gasteiger partial charge is 0.271 e. The molecule has 0 aliphatic rings. The van der Waals surface area contributed by atoms with Crippen molar-refractivity contribution < 1.29 is 4.79 Å². The maximum atomic E-state index is 12.2. The molecule has 0 radical (unpaired) electrons. The van der Waals surface area contributed by atoms with Gasteiger partial charge in [0.05, 0.1) is 35.9 Å². The van der Waals surface area contributed by atoms with Crippen LogP contribution in [0.5, 0.6) is 0 Å². The molecule has 0 saturated heterocycles. The summed E-state index contributed by atoms with van der Waals surface area (Å²) in [5.74, 6) is -0.197. The lowest BCUT2D eigenvalue weighted by molar-refractivity contribution is 0.0949. The summed E-state index contributed by atoms with van der Waals surface area (Å²) >= 11 is 0. The van der Waals surface area contributed by atoms with Crippen molar-refractivity contribution >= 4 is 16.9 Å². The van der Waals surface area contributed by atoms with Crippen LogP contribution in [0.3, 0.4) is 0 Å². The summed E-state index contributed by atoms with van der Waals surface area (Å²) in [7, 11) is 0. The number of carbonyl (C=O) groups excluding carboxylic acids is 1. The van der Waals surface area contributed by atoms with E-state index < -0.39 is 0 Å². The highest BCUT2D eigenvalue weighted by Gasteiger charge is 2.11. The number of amides is 1. The van der Waals surface area contributed by atoms with Crippen molar-refractivity contribution in [3.63, 3.8) is 0 Å². The van der Waals surface area contributed by atoms with Gasteiger partial charge in [0.25, 0.3) is 5.91 Å². The summed E-state index contributed by atoms with van der Waals surface area (Å²) in [6.45, 7) is 1.10. The van der Waals surface area contributed by atoms with Crippen molar-refractivity contribution in [3.05, 3.63) is 66.3 Å². The van der Waals surface area contributed by atoms with Crippen LogP contribution < -0.4 is 5.32 Å². The Kier molecular flexibility index (Phi) is 3.99. The molecule has 8 nitrogen and oxygen atoms in total. The third-order valence-electron chi connectivity index (χ3n) is 3.97. The Morgan fingerprint density at radius 3 is 3.04 bits per heavy atom. The molecule has 0 aliphatic heterocycles. The number of nitrogens with zero attached hydrogens (tertiary/aromatic N) is 4. The molecule has 0 bridgehead atoms. The van der Waals surface area contributed by atoms with Crippen LogP contribution in [0.2, 0.25) is 0 Å². The van der Waals surface area contributed by atoms with E-state index in [1.54, 1.807) is 24.9 Å². The zero-order valence-electron chi connectivity index (χ0n) is 13.4. The zero-order chi connectivity index (χ0) is 17.1. The van der Waals surface area contributed by atoms with Crippen LogP contribution in [-0.2, 0) is 13.0 Å². The number of aromatic nitrogens is 6. The van der Waals surface area contributed by atoms with Gasteiger partial charge in [-0.15, -0.1) is 0 Å². The van der Waals surface area contributed by atoms with Gasteiger partial charge in [-0.1, -0.05) is 12.1 Å². The average Bonchev–Trinajstić information content (AvgIpc) is 3.37. The van der Waals surface area contributed by atoms with Gasteiger partial charge in [-0.05, 0) is 18.2 Å². The van der Waals surface area contributed by atoms with Crippen molar-refractivity contribution in [1.82, 2.24) is 35.0 Å². The summed E-state index contributed by atoms with van der Waals surface area (Å²) in [5.41, 5.74) is 4.20. The lowest BCUT2D eigenvalue weighted by Gasteiger charge is -2.01. The van der Waals surface area contributed by atoms with Gasteiger partial charge in [0.15, 0.2) is 0 Å². The minimum absolute atomic E-state index is 0.197. The summed E-state index contributed by atoms with van der Waals surface area (Å²) in [5, 5.41) is 9.87. The molecule has 0 atom stereocenters. The molecule has 1 amide bonds. The molecular weight excluding hydrogens is 318 g/mol. The molecule has 4 aromatic rings. The van der Waals surface area contributed by atoms with Crippen LogP contribution in [-0.4, -0.2) is 42.2 Å². The van der Waals surface area contributed by atoms with E-state index in [0.717, 1.165) is 22.4 Å².